The van der Waals surface area contributed by atoms with Gasteiger partial charge in [0, 0.05) is 62.6 Å². The monoisotopic (exact) mass is 526 g/mol. The minimum absolute atomic E-state index is 0. The second-order valence-electron chi connectivity index (χ2n) is 5.75. The van der Waals surface area contributed by atoms with E-state index in [1.165, 1.54) is 16.4 Å². The number of guanidine groups is 1. The second kappa shape index (κ2) is 10.6. The Hall–Kier alpha value is -0.650. The largest absolute Gasteiger partial charge is 0.356 e. The van der Waals surface area contributed by atoms with E-state index >= 15 is 0 Å². The summed E-state index contributed by atoms with van der Waals surface area (Å²) >= 11 is 9.12. The van der Waals surface area contributed by atoms with Crippen LogP contribution in [0.1, 0.15) is 17.6 Å². The van der Waals surface area contributed by atoms with Gasteiger partial charge in [-0.25, -0.2) is 4.98 Å². The summed E-state index contributed by atoms with van der Waals surface area (Å²) in [6.45, 7) is 6.71. The van der Waals surface area contributed by atoms with Crippen molar-refractivity contribution in [3.05, 3.63) is 27.2 Å². The van der Waals surface area contributed by atoms with Crippen LogP contribution in [0.4, 0.5) is 5.13 Å². The number of aliphatic imine (C=N–C) groups is 1. The van der Waals surface area contributed by atoms with Crippen LogP contribution in [-0.4, -0.2) is 60.0 Å². The third-order valence-corrected chi connectivity index (χ3v) is 6.22. The highest BCUT2D eigenvalue weighted by molar-refractivity contribution is 14.0. The van der Waals surface area contributed by atoms with E-state index in [2.05, 4.69) is 42.5 Å². The van der Waals surface area contributed by atoms with Gasteiger partial charge in [-0.1, -0.05) is 18.5 Å². The molecule has 0 radical (unpaired) electrons. The van der Waals surface area contributed by atoms with E-state index in [0.29, 0.717) is 0 Å². The maximum atomic E-state index is 5.98. The van der Waals surface area contributed by atoms with E-state index in [4.69, 9.17) is 11.6 Å². The molecule has 0 saturated carbocycles. The summed E-state index contributed by atoms with van der Waals surface area (Å²) in [5.41, 5.74) is 0. The van der Waals surface area contributed by atoms with Crippen LogP contribution < -0.4 is 10.2 Å². The number of nitrogens with one attached hydrogen (secondary N) is 1. The van der Waals surface area contributed by atoms with Gasteiger partial charge in [0.25, 0.3) is 0 Å². The Labute approximate surface area is 184 Å². The zero-order valence-corrected chi connectivity index (χ0v) is 19.7. The van der Waals surface area contributed by atoms with Crippen LogP contribution in [0.25, 0.3) is 0 Å². The number of aromatic nitrogens is 2. The summed E-state index contributed by atoms with van der Waals surface area (Å²) in [5.74, 6) is 1.91. The maximum Gasteiger partial charge on any atom is 0.205 e. The number of hydrogen-bond acceptors (Lipinski definition) is 6. The van der Waals surface area contributed by atoms with E-state index in [9.17, 15) is 0 Å². The molecule has 1 saturated heterocycles. The minimum Gasteiger partial charge on any atom is -0.356 e. The maximum absolute atomic E-state index is 5.98. The Balaban J connectivity index is 0.00000243. The zero-order chi connectivity index (χ0) is 17.6. The number of anilines is 1. The fourth-order valence-corrected chi connectivity index (χ4v) is 4.63. The number of hydrogen-bond donors (Lipinski definition) is 1. The molecule has 1 aliphatic heterocycles. The highest BCUT2D eigenvalue weighted by Crippen LogP contribution is 2.21. The quantitative estimate of drug-likeness (QED) is 0.368. The molecule has 1 fully saturated rings. The van der Waals surface area contributed by atoms with E-state index in [-0.39, 0.29) is 24.0 Å². The summed E-state index contributed by atoms with van der Waals surface area (Å²) < 4.78 is 5.23. The molecule has 0 atom stereocenters. The lowest BCUT2D eigenvalue weighted by atomic mass is 10.3. The zero-order valence-electron chi connectivity index (χ0n) is 14.9. The van der Waals surface area contributed by atoms with E-state index < -0.39 is 0 Å². The van der Waals surface area contributed by atoms with E-state index in [1.54, 1.807) is 11.3 Å². The summed E-state index contributed by atoms with van der Waals surface area (Å²) in [7, 11) is 1.84. The lowest BCUT2D eigenvalue weighted by Crippen LogP contribution is -2.52. The van der Waals surface area contributed by atoms with Crippen LogP contribution in [0.2, 0.25) is 4.34 Å². The first-order valence-corrected chi connectivity index (χ1v) is 10.4. The number of aryl methyl sites for hydroxylation is 1. The predicted molar refractivity (Wildman–Crippen MR) is 123 cm³/mol. The van der Waals surface area contributed by atoms with Gasteiger partial charge in [-0.2, -0.15) is 4.37 Å². The van der Waals surface area contributed by atoms with Crippen molar-refractivity contribution in [2.75, 3.05) is 44.7 Å². The molecule has 0 bridgehead atoms. The fourth-order valence-electron chi connectivity index (χ4n) is 2.74. The molecule has 3 rings (SSSR count). The Morgan fingerprint density at radius 3 is 2.65 bits per heavy atom. The van der Waals surface area contributed by atoms with Crippen LogP contribution in [-0.2, 0) is 12.8 Å². The van der Waals surface area contributed by atoms with Gasteiger partial charge in [-0.15, -0.1) is 35.3 Å². The molecule has 0 amide bonds. The van der Waals surface area contributed by atoms with Crippen LogP contribution in [0.15, 0.2) is 17.1 Å². The Morgan fingerprint density at radius 1 is 1.31 bits per heavy atom. The first-order valence-electron chi connectivity index (χ1n) is 8.47. The molecule has 0 unspecified atom stereocenters. The molecule has 2 aromatic rings. The number of rotatable bonds is 5. The standard InChI is InChI=1S/C16H23ClN6S2.HI/c1-3-14-20-16(25-21-14)23-10-8-22(9-11-23)15(18-2)19-7-6-12-4-5-13(17)24-12;/h4-5H,3,6-11H2,1-2H3,(H,18,19);1H. The summed E-state index contributed by atoms with van der Waals surface area (Å²) in [5, 5.41) is 4.50. The van der Waals surface area contributed by atoms with Gasteiger partial charge in [0.05, 0.1) is 4.34 Å². The van der Waals surface area contributed by atoms with Gasteiger partial charge in [0.2, 0.25) is 5.13 Å². The average molecular weight is 527 g/mol. The molecule has 0 spiro atoms. The smallest absolute Gasteiger partial charge is 0.205 e. The van der Waals surface area contributed by atoms with Gasteiger partial charge in [0.1, 0.15) is 5.82 Å². The van der Waals surface area contributed by atoms with Crippen molar-refractivity contribution in [2.45, 2.75) is 19.8 Å². The molecule has 1 aliphatic rings. The van der Waals surface area contributed by atoms with Crippen LogP contribution in [0.5, 0.6) is 0 Å². The molecule has 3 heterocycles. The average Bonchev–Trinajstić information content (AvgIpc) is 3.28. The lowest BCUT2D eigenvalue weighted by molar-refractivity contribution is 0.373. The Morgan fingerprint density at radius 2 is 2.08 bits per heavy atom. The summed E-state index contributed by atoms with van der Waals surface area (Å²) in [6, 6.07) is 4.04. The van der Waals surface area contributed by atoms with Crippen LogP contribution >= 0.6 is 58.4 Å². The van der Waals surface area contributed by atoms with Crippen LogP contribution in [0.3, 0.4) is 0 Å². The molecule has 1 N–H and O–H groups in total. The van der Waals surface area contributed by atoms with Gasteiger partial charge in [0.15, 0.2) is 5.96 Å². The molecule has 0 aromatic carbocycles. The third-order valence-electron chi connectivity index (χ3n) is 4.12. The van der Waals surface area contributed by atoms with E-state index in [1.807, 2.05) is 13.1 Å². The number of nitrogens with zero attached hydrogens (tertiary/aromatic N) is 5. The highest BCUT2D eigenvalue weighted by atomic mass is 127. The molecule has 144 valence electrons. The van der Waals surface area contributed by atoms with Crippen molar-refractivity contribution in [3.63, 3.8) is 0 Å². The molecule has 26 heavy (non-hydrogen) atoms. The first-order chi connectivity index (χ1) is 12.2. The first kappa shape index (κ1) is 21.6. The minimum atomic E-state index is 0. The number of halogens is 2. The van der Waals surface area contributed by atoms with Crippen molar-refractivity contribution in [2.24, 2.45) is 4.99 Å². The normalized spacial score (nSPS) is 15.1. The molecule has 6 nitrogen and oxygen atoms in total. The highest BCUT2D eigenvalue weighted by Gasteiger charge is 2.21. The summed E-state index contributed by atoms with van der Waals surface area (Å²) in [6.07, 6.45) is 1.85. The fraction of sp³-hybridized carbons (Fsp3) is 0.562. The molecular weight excluding hydrogens is 503 g/mol. The van der Waals surface area contributed by atoms with Crippen molar-refractivity contribution in [1.29, 1.82) is 0 Å². The van der Waals surface area contributed by atoms with Crippen molar-refractivity contribution in [3.8, 4) is 0 Å². The number of thiophene rings is 1. The van der Waals surface area contributed by atoms with Crippen LogP contribution in [0, 0.1) is 0 Å². The van der Waals surface area contributed by atoms with Crippen molar-refractivity contribution < 1.29 is 0 Å². The number of piperazine rings is 1. The summed E-state index contributed by atoms with van der Waals surface area (Å²) in [4.78, 5) is 14.9. The molecular formula is C16H24ClIN6S2. The van der Waals surface area contributed by atoms with Gasteiger partial charge < -0.3 is 15.1 Å². The predicted octanol–water partition coefficient (Wildman–Crippen LogP) is 3.37. The molecule has 0 aliphatic carbocycles. The molecule has 10 heteroatoms. The van der Waals surface area contributed by atoms with Gasteiger partial charge >= 0.3 is 0 Å². The lowest BCUT2D eigenvalue weighted by Gasteiger charge is -2.36. The Bertz CT molecular complexity index is 711. The van der Waals surface area contributed by atoms with Crippen molar-refractivity contribution >= 4 is 69.5 Å². The van der Waals surface area contributed by atoms with Gasteiger partial charge in [-0.3, -0.25) is 4.99 Å². The topological polar surface area (TPSA) is 56.7 Å². The third kappa shape index (κ3) is 5.67. The van der Waals surface area contributed by atoms with Crippen molar-refractivity contribution in [1.82, 2.24) is 19.6 Å². The SMILES string of the molecule is CCc1nsc(N2CCN(C(=NC)NCCc3ccc(Cl)s3)CC2)n1.I. The van der Waals surface area contributed by atoms with Gasteiger partial charge in [-0.05, 0) is 18.6 Å². The molecule has 2 aromatic heterocycles. The van der Waals surface area contributed by atoms with E-state index in [0.717, 1.165) is 66.8 Å². The Kier molecular flexibility index (Phi) is 8.85. The second-order valence-corrected chi connectivity index (χ2v) is 8.28.